The van der Waals surface area contributed by atoms with Crippen LogP contribution >= 0.6 is 0 Å². The largest absolute Gasteiger partial charge is 0.481 e. The average molecular weight is 209 g/mol. The summed E-state index contributed by atoms with van der Waals surface area (Å²) in [5, 5.41) is 11.1. The summed E-state index contributed by atoms with van der Waals surface area (Å²) in [6, 6.07) is 3.85. The first-order valence-electron chi connectivity index (χ1n) is 4.40. The van der Waals surface area contributed by atoms with Crippen molar-refractivity contribution in [1.82, 2.24) is 0 Å². The number of amides is 1. The molecule has 0 saturated carbocycles. The molecular formula is C10H8FNO3. The van der Waals surface area contributed by atoms with Gasteiger partial charge in [0.05, 0.1) is 12.3 Å². The Bertz CT molecular complexity index is 444. The maximum atomic E-state index is 12.9. The predicted molar refractivity (Wildman–Crippen MR) is 50.0 cm³/mol. The zero-order valence-corrected chi connectivity index (χ0v) is 7.66. The Kier molecular flexibility index (Phi) is 2.15. The van der Waals surface area contributed by atoms with Gasteiger partial charge in [0.15, 0.2) is 0 Å². The number of benzene rings is 1. The van der Waals surface area contributed by atoms with E-state index < -0.39 is 23.6 Å². The molecular weight excluding hydrogens is 201 g/mol. The predicted octanol–water partition coefficient (Wildman–Crippen LogP) is 1.34. The molecule has 1 amide bonds. The van der Waals surface area contributed by atoms with Crippen molar-refractivity contribution in [3.63, 3.8) is 0 Å². The molecule has 4 nitrogen and oxygen atoms in total. The first kappa shape index (κ1) is 9.64. The summed E-state index contributed by atoms with van der Waals surface area (Å²) in [7, 11) is 0. The zero-order valence-electron chi connectivity index (χ0n) is 7.66. The monoisotopic (exact) mass is 209 g/mol. The van der Waals surface area contributed by atoms with Gasteiger partial charge in [-0.15, -0.1) is 0 Å². The number of nitrogens with one attached hydrogen (secondary N) is 1. The molecule has 0 fully saturated rings. The molecule has 2 rings (SSSR count). The van der Waals surface area contributed by atoms with Crippen molar-refractivity contribution in [2.45, 2.75) is 12.3 Å². The summed E-state index contributed by atoms with van der Waals surface area (Å²) in [4.78, 5) is 21.9. The number of carbonyl (C=O) groups excluding carboxylic acids is 1. The number of rotatable bonds is 2. The lowest BCUT2D eigenvalue weighted by Crippen LogP contribution is -2.15. The molecule has 0 spiro atoms. The number of fused-ring (bicyclic) bond motifs is 1. The summed E-state index contributed by atoms with van der Waals surface area (Å²) in [6.07, 6.45) is -0.317. The topological polar surface area (TPSA) is 66.4 Å². The Morgan fingerprint density at radius 3 is 2.93 bits per heavy atom. The van der Waals surface area contributed by atoms with E-state index in [2.05, 4.69) is 5.32 Å². The Morgan fingerprint density at radius 1 is 1.53 bits per heavy atom. The second-order valence-corrected chi connectivity index (χ2v) is 3.37. The number of hydrogen-bond donors (Lipinski definition) is 2. The van der Waals surface area contributed by atoms with E-state index in [4.69, 9.17) is 5.11 Å². The van der Waals surface area contributed by atoms with Gasteiger partial charge in [0.25, 0.3) is 0 Å². The zero-order chi connectivity index (χ0) is 11.0. The van der Waals surface area contributed by atoms with Crippen LogP contribution in [0, 0.1) is 5.82 Å². The highest BCUT2D eigenvalue weighted by Gasteiger charge is 2.32. The van der Waals surface area contributed by atoms with Crippen LogP contribution in [-0.4, -0.2) is 17.0 Å². The van der Waals surface area contributed by atoms with Crippen LogP contribution in [0.25, 0.3) is 0 Å². The first-order chi connectivity index (χ1) is 7.08. The second-order valence-electron chi connectivity index (χ2n) is 3.37. The molecule has 1 atom stereocenters. The van der Waals surface area contributed by atoms with Crippen molar-refractivity contribution < 1.29 is 19.1 Å². The maximum absolute atomic E-state index is 12.9. The fourth-order valence-corrected chi connectivity index (χ4v) is 1.67. The SMILES string of the molecule is O=C(O)C[C@@H]1C(=O)Nc2ccc(F)cc21. The molecule has 5 heteroatoms. The molecule has 0 radical (unpaired) electrons. The van der Waals surface area contributed by atoms with E-state index in [-0.39, 0.29) is 6.42 Å². The summed E-state index contributed by atoms with van der Waals surface area (Å²) in [6.45, 7) is 0. The number of hydrogen-bond acceptors (Lipinski definition) is 2. The van der Waals surface area contributed by atoms with Crippen molar-refractivity contribution in [3.05, 3.63) is 29.6 Å². The third-order valence-electron chi connectivity index (χ3n) is 2.34. The summed E-state index contributed by atoms with van der Waals surface area (Å²) in [5.74, 6) is -2.72. The first-order valence-corrected chi connectivity index (χ1v) is 4.40. The highest BCUT2D eigenvalue weighted by Crippen LogP contribution is 2.34. The molecule has 1 aliphatic heterocycles. The second kappa shape index (κ2) is 3.34. The Morgan fingerprint density at radius 2 is 2.27 bits per heavy atom. The molecule has 0 bridgehead atoms. The smallest absolute Gasteiger partial charge is 0.304 e. The van der Waals surface area contributed by atoms with Gasteiger partial charge in [-0.25, -0.2) is 4.39 Å². The van der Waals surface area contributed by atoms with Crippen LogP contribution < -0.4 is 5.32 Å². The van der Waals surface area contributed by atoms with Crippen molar-refractivity contribution in [2.24, 2.45) is 0 Å². The minimum Gasteiger partial charge on any atom is -0.481 e. The van der Waals surface area contributed by atoms with Gasteiger partial charge in [0.1, 0.15) is 5.82 Å². The third kappa shape index (κ3) is 1.68. The molecule has 78 valence electrons. The van der Waals surface area contributed by atoms with Crippen LogP contribution in [0.3, 0.4) is 0 Å². The molecule has 15 heavy (non-hydrogen) atoms. The highest BCUT2D eigenvalue weighted by molar-refractivity contribution is 6.04. The van der Waals surface area contributed by atoms with Gasteiger partial charge in [-0.2, -0.15) is 0 Å². The molecule has 1 aliphatic rings. The average Bonchev–Trinajstić information content (AvgIpc) is 2.43. The number of halogens is 1. The molecule has 0 aromatic heterocycles. The fourth-order valence-electron chi connectivity index (χ4n) is 1.67. The van der Waals surface area contributed by atoms with Gasteiger partial charge in [0.2, 0.25) is 5.91 Å². The lowest BCUT2D eigenvalue weighted by molar-refractivity contribution is -0.138. The van der Waals surface area contributed by atoms with E-state index in [1.807, 2.05) is 0 Å². The molecule has 1 aromatic carbocycles. The van der Waals surface area contributed by atoms with Crippen LogP contribution in [-0.2, 0) is 9.59 Å². The van der Waals surface area contributed by atoms with Gasteiger partial charge < -0.3 is 10.4 Å². The highest BCUT2D eigenvalue weighted by atomic mass is 19.1. The molecule has 0 aliphatic carbocycles. The van der Waals surface area contributed by atoms with Crippen molar-refractivity contribution >= 4 is 17.6 Å². The van der Waals surface area contributed by atoms with Crippen LogP contribution in [0.5, 0.6) is 0 Å². The van der Waals surface area contributed by atoms with Crippen LogP contribution in [0.2, 0.25) is 0 Å². The van der Waals surface area contributed by atoms with E-state index in [1.54, 1.807) is 0 Å². The number of carboxylic acid groups (broad SMARTS) is 1. The molecule has 0 saturated heterocycles. The van der Waals surface area contributed by atoms with Crippen LogP contribution in [0.1, 0.15) is 17.9 Å². The number of anilines is 1. The van der Waals surface area contributed by atoms with Gasteiger partial charge in [0, 0.05) is 5.69 Å². The van der Waals surface area contributed by atoms with E-state index in [0.717, 1.165) is 0 Å². The normalized spacial score (nSPS) is 18.5. The van der Waals surface area contributed by atoms with Crippen LogP contribution in [0.15, 0.2) is 18.2 Å². The minimum absolute atomic E-state index is 0.317. The van der Waals surface area contributed by atoms with Gasteiger partial charge in [-0.05, 0) is 23.8 Å². The lowest BCUT2D eigenvalue weighted by Gasteiger charge is -2.04. The van der Waals surface area contributed by atoms with Gasteiger partial charge >= 0.3 is 5.97 Å². The maximum Gasteiger partial charge on any atom is 0.304 e. The van der Waals surface area contributed by atoms with E-state index in [9.17, 15) is 14.0 Å². The van der Waals surface area contributed by atoms with E-state index >= 15 is 0 Å². The third-order valence-corrected chi connectivity index (χ3v) is 2.34. The quantitative estimate of drug-likeness (QED) is 0.772. The summed E-state index contributed by atoms with van der Waals surface area (Å²) < 4.78 is 12.9. The van der Waals surface area contributed by atoms with E-state index in [1.165, 1.54) is 18.2 Å². The molecule has 1 aromatic rings. The molecule has 2 N–H and O–H groups in total. The number of aliphatic carboxylic acids is 1. The van der Waals surface area contributed by atoms with Crippen LogP contribution in [0.4, 0.5) is 10.1 Å². The van der Waals surface area contributed by atoms with E-state index in [0.29, 0.717) is 11.3 Å². The molecule has 1 heterocycles. The van der Waals surface area contributed by atoms with Crippen molar-refractivity contribution in [1.29, 1.82) is 0 Å². The number of carboxylic acids is 1. The Balaban J connectivity index is 2.39. The van der Waals surface area contributed by atoms with Gasteiger partial charge in [-0.3, -0.25) is 9.59 Å². The minimum atomic E-state index is -1.08. The molecule has 0 unspecified atom stereocenters. The number of carbonyl (C=O) groups is 2. The van der Waals surface area contributed by atoms with Crippen molar-refractivity contribution in [3.8, 4) is 0 Å². The fraction of sp³-hybridized carbons (Fsp3) is 0.200. The summed E-state index contributed by atoms with van der Waals surface area (Å²) in [5.41, 5.74) is 0.912. The van der Waals surface area contributed by atoms with Crippen molar-refractivity contribution in [2.75, 3.05) is 5.32 Å². The Hall–Kier alpha value is -1.91. The summed E-state index contributed by atoms with van der Waals surface area (Å²) >= 11 is 0. The Labute approximate surface area is 84.7 Å². The van der Waals surface area contributed by atoms with Gasteiger partial charge in [-0.1, -0.05) is 0 Å². The lowest BCUT2D eigenvalue weighted by atomic mass is 9.97. The standard InChI is InChI=1S/C10H8FNO3/c11-5-1-2-8-6(3-5)7(4-9(13)14)10(15)12-8/h1-3,7H,4H2,(H,12,15)(H,13,14)/t7-/m0/s1.